The second-order valence-electron chi connectivity index (χ2n) is 3.44. The van der Waals surface area contributed by atoms with Crippen molar-refractivity contribution >= 4 is 19.8 Å². The van der Waals surface area contributed by atoms with Crippen LogP contribution in [0, 0.1) is 0 Å². The summed E-state index contributed by atoms with van der Waals surface area (Å²) in [7, 11) is -1.61. The van der Waals surface area contributed by atoms with E-state index >= 15 is 0 Å². The fraction of sp³-hybridized carbons (Fsp3) is 0.714. The zero-order chi connectivity index (χ0) is 9.07. The number of carbonyl (C=O) groups excluding carboxylic acids is 1. The molecule has 0 unspecified atom stereocenters. The lowest BCUT2D eigenvalue weighted by atomic mass is 10.3. The van der Waals surface area contributed by atoms with E-state index in [-0.39, 0.29) is 5.78 Å². The standard InChI is InChI=1S/C7H15NO2Si/c1-6(7(2)9)8-10-11(3,4)5/h1-5H3/b8-6+. The van der Waals surface area contributed by atoms with Gasteiger partial charge in [0.15, 0.2) is 5.78 Å². The maximum Gasteiger partial charge on any atom is 0.278 e. The Hall–Kier alpha value is -0.643. The summed E-state index contributed by atoms with van der Waals surface area (Å²) in [4.78, 5) is 10.7. The smallest absolute Gasteiger partial charge is 0.278 e. The highest BCUT2D eigenvalue weighted by atomic mass is 28.4. The van der Waals surface area contributed by atoms with Crippen LogP contribution in [-0.2, 0) is 9.32 Å². The summed E-state index contributed by atoms with van der Waals surface area (Å²) < 4.78 is 5.16. The number of rotatable bonds is 3. The van der Waals surface area contributed by atoms with Gasteiger partial charge in [0.05, 0.1) is 0 Å². The first kappa shape index (κ1) is 10.4. The van der Waals surface area contributed by atoms with Crippen LogP contribution in [0.5, 0.6) is 0 Å². The molecule has 0 fully saturated rings. The lowest BCUT2D eigenvalue weighted by Crippen LogP contribution is -2.23. The first-order chi connectivity index (χ1) is 4.83. The number of Topliss-reactive ketones (excluding diaryl/α,β-unsaturated/α-hetero) is 1. The van der Waals surface area contributed by atoms with Crippen molar-refractivity contribution in [2.75, 3.05) is 0 Å². The van der Waals surface area contributed by atoms with Gasteiger partial charge < -0.3 is 4.53 Å². The second kappa shape index (κ2) is 3.66. The Morgan fingerprint density at radius 2 is 1.73 bits per heavy atom. The maximum absolute atomic E-state index is 10.7. The summed E-state index contributed by atoms with van der Waals surface area (Å²) in [6.45, 7) is 9.19. The summed E-state index contributed by atoms with van der Waals surface area (Å²) in [5.41, 5.74) is 0.437. The van der Waals surface area contributed by atoms with E-state index < -0.39 is 8.32 Å². The van der Waals surface area contributed by atoms with Gasteiger partial charge in [0.25, 0.3) is 8.32 Å². The second-order valence-corrected chi connectivity index (χ2v) is 7.84. The first-order valence-corrected chi connectivity index (χ1v) is 6.97. The minimum atomic E-state index is -1.61. The van der Waals surface area contributed by atoms with Gasteiger partial charge in [0, 0.05) is 6.92 Å². The highest BCUT2D eigenvalue weighted by Gasteiger charge is 2.16. The third kappa shape index (κ3) is 5.78. The van der Waals surface area contributed by atoms with Crippen LogP contribution in [0.4, 0.5) is 0 Å². The average Bonchev–Trinajstić information content (AvgIpc) is 1.80. The zero-order valence-electron chi connectivity index (χ0n) is 7.76. The lowest BCUT2D eigenvalue weighted by molar-refractivity contribution is -0.111. The molecule has 64 valence electrons. The van der Waals surface area contributed by atoms with Crippen LogP contribution in [0.2, 0.25) is 19.6 Å². The van der Waals surface area contributed by atoms with Gasteiger partial charge in [-0.15, -0.1) is 5.16 Å². The summed E-state index contributed by atoms with van der Waals surface area (Å²) in [5, 5.41) is 3.72. The number of hydrogen-bond acceptors (Lipinski definition) is 3. The topological polar surface area (TPSA) is 38.7 Å². The molecule has 11 heavy (non-hydrogen) atoms. The number of oxime groups is 1. The number of hydrogen-bond donors (Lipinski definition) is 0. The molecule has 0 aliphatic carbocycles. The third-order valence-corrected chi connectivity index (χ3v) is 1.60. The Labute approximate surface area is 68.6 Å². The van der Waals surface area contributed by atoms with E-state index in [1.165, 1.54) is 6.92 Å². The molecule has 3 nitrogen and oxygen atoms in total. The van der Waals surface area contributed by atoms with Crippen LogP contribution < -0.4 is 0 Å². The van der Waals surface area contributed by atoms with E-state index in [1.807, 2.05) is 19.6 Å². The van der Waals surface area contributed by atoms with Crippen molar-refractivity contribution in [3.8, 4) is 0 Å². The van der Waals surface area contributed by atoms with Gasteiger partial charge in [-0.05, 0) is 26.6 Å². The molecule has 0 aliphatic rings. The molecule has 0 rings (SSSR count). The molecular weight excluding hydrogens is 158 g/mol. The molecule has 0 saturated carbocycles. The van der Waals surface area contributed by atoms with Crippen molar-refractivity contribution in [3.05, 3.63) is 0 Å². The van der Waals surface area contributed by atoms with Crippen molar-refractivity contribution in [1.82, 2.24) is 0 Å². The molecule has 0 saturated heterocycles. The van der Waals surface area contributed by atoms with E-state index in [0.717, 1.165) is 0 Å². The van der Waals surface area contributed by atoms with E-state index in [9.17, 15) is 4.79 Å². The molecule has 0 aromatic heterocycles. The highest BCUT2D eigenvalue weighted by Crippen LogP contribution is 2.02. The van der Waals surface area contributed by atoms with Crippen LogP contribution in [0.15, 0.2) is 5.16 Å². The normalized spacial score (nSPS) is 13.0. The van der Waals surface area contributed by atoms with Crippen molar-refractivity contribution < 1.29 is 9.32 Å². The molecule has 0 aromatic carbocycles. The quantitative estimate of drug-likeness (QED) is 0.371. The summed E-state index contributed by atoms with van der Waals surface area (Å²) in [5.74, 6) is -0.0387. The van der Waals surface area contributed by atoms with E-state index in [2.05, 4.69) is 5.16 Å². The number of nitrogens with zero attached hydrogens (tertiary/aromatic N) is 1. The van der Waals surface area contributed by atoms with Gasteiger partial charge in [-0.3, -0.25) is 4.79 Å². The largest absolute Gasteiger partial charge is 0.455 e. The minimum absolute atomic E-state index is 0.0387. The van der Waals surface area contributed by atoms with Gasteiger partial charge in [0.2, 0.25) is 0 Å². The fourth-order valence-electron chi connectivity index (χ4n) is 0.270. The Morgan fingerprint density at radius 1 is 1.27 bits per heavy atom. The molecule has 0 aromatic rings. The van der Waals surface area contributed by atoms with Crippen LogP contribution in [0.3, 0.4) is 0 Å². The SMILES string of the molecule is CC(=O)/C(C)=N/O[Si](C)(C)C. The maximum atomic E-state index is 10.7. The fourth-order valence-corrected chi connectivity index (χ4v) is 0.680. The molecule has 0 atom stereocenters. The predicted molar refractivity (Wildman–Crippen MR) is 48.2 cm³/mol. The summed E-state index contributed by atoms with van der Waals surface area (Å²) >= 11 is 0. The minimum Gasteiger partial charge on any atom is -0.455 e. The monoisotopic (exact) mass is 173 g/mol. The number of ketones is 1. The number of carbonyl (C=O) groups is 1. The molecule has 0 N–H and O–H groups in total. The Kier molecular flexibility index (Phi) is 3.45. The van der Waals surface area contributed by atoms with Crippen molar-refractivity contribution in [3.63, 3.8) is 0 Å². The molecule has 4 heteroatoms. The Balaban J connectivity index is 4.04. The van der Waals surface area contributed by atoms with Gasteiger partial charge in [-0.25, -0.2) is 0 Å². The van der Waals surface area contributed by atoms with Crippen molar-refractivity contribution in [2.24, 2.45) is 5.16 Å². The molecule has 0 aliphatic heterocycles. The van der Waals surface area contributed by atoms with Crippen LogP contribution >= 0.6 is 0 Å². The lowest BCUT2D eigenvalue weighted by Gasteiger charge is -2.12. The van der Waals surface area contributed by atoms with Gasteiger partial charge in [-0.2, -0.15) is 0 Å². The van der Waals surface area contributed by atoms with Crippen molar-refractivity contribution in [2.45, 2.75) is 33.5 Å². The van der Waals surface area contributed by atoms with E-state index in [1.54, 1.807) is 6.92 Å². The zero-order valence-corrected chi connectivity index (χ0v) is 8.76. The molecule has 0 spiro atoms. The average molecular weight is 173 g/mol. The summed E-state index contributed by atoms with van der Waals surface area (Å²) in [6, 6.07) is 0. The molecular formula is C7H15NO2Si. The van der Waals surface area contributed by atoms with Crippen LogP contribution in [0.1, 0.15) is 13.8 Å². The van der Waals surface area contributed by atoms with Crippen LogP contribution in [0.25, 0.3) is 0 Å². The van der Waals surface area contributed by atoms with Gasteiger partial charge in [-0.1, -0.05) is 0 Å². The Bertz CT molecular complexity index is 181. The van der Waals surface area contributed by atoms with E-state index in [0.29, 0.717) is 5.71 Å². The van der Waals surface area contributed by atoms with Gasteiger partial charge >= 0.3 is 0 Å². The van der Waals surface area contributed by atoms with Crippen molar-refractivity contribution in [1.29, 1.82) is 0 Å². The highest BCUT2D eigenvalue weighted by molar-refractivity contribution is 6.69. The molecule has 0 amide bonds. The van der Waals surface area contributed by atoms with Crippen LogP contribution in [-0.4, -0.2) is 19.8 Å². The Morgan fingerprint density at radius 3 is 2.00 bits per heavy atom. The molecule has 0 radical (unpaired) electrons. The summed E-state index contributed by atoms with van der Waals surface area (Å²) in [6.07, 6.45) is 0. The predicted octanol–water partition coefficient (Wildman–Crippen LogP) is 1.80. The first-order valence-electron chi connectivity index (χ1n) is 3.56. The molecule has 0 bridgehead atoms. The van der Waals surface area contributed by atoms with Gasteiger partial charge in [0.1, 0.15) is 5.71 Å². The molecule has 0 heterocycles. The van der Waals surface area contributed by atoms with E-state index in [4.69, 9.17) is 4.53 Å². The third-order valence-electron chi connectivity index (χ3n) is 0.966.